The summed E-state index contributed by atoms with van der Waals surface area (Å²) in [7, 11) is 0. The van der Waals surface area contributed by atoms with Crippen molar-refractivity contribution in [3.63, 3.8) is 0 Å². The van der Waals surface area contributed by atoms with Crippen molar-refractivity contribution in [2.45, 2.75) is 64.3 Å². The SMILES string of the molecule is CCCCC(NCC(CC(C)C)NC(=O)c1cc(F)c(F)c(F)c1F)C(=O)CSCc1ccco1. The summed E-state index contributed by atoms with van der Waals surface area (Å²) in [5, 5.41) is 5.77. The molecule has 2 unspecified atom stereocenters. The van der Waals surface area contributed by atoms with Crippen LogP contribution in [0.5, 0.6) is 0 Å². The highest BCUT2D eigenvalue weighted by Gasteiger charge is 2.26. The van der Waals surface area contributed by atoms with Crippen molar-refractivity contribution >= 4 is 23.5 Å². The van der Waals surface area contributed by atoms with Crippen LogP contribution in [0.1, 0.15) is 62.6 Å². The number of benzene rings is 1. The van der Waals surface area contributed by atoms with Crippen molar-refractivity contribution in [1.82, 2.24) is 10.6 Å². The van der Waals surface area contributed by atoms with E-state index in [1.807, 2.05) is 26.8 Å². The molecule has 0 aliphatic carbocycles. The number of unbranched alkanes of at least 4 members (excludes halogenated alkanes) is 1. The second-order valence-corrected chi connectivity index (χ2v) is 9.77. The molecule has 0 aliphatic rings. The molecule has 1 amide bonds. The first-order valence-corrected chi connectivity index (χ1v) is 12.8. The number of ketones is 1. The molecule has 0 aliphatic heterocycles. The molecule has 1 aromatic carbocycles. The Morgan fingerprint density at radius 3 is 2.49 bits per heavy atom. The first-order chi connectivity index (χ1) is 16.6. The summed E-state index contributed by atoms with van der Waals surface area (Å²) in [6, 6.07) is 2.97. The highest BCUT2D eigenvalue weighted by molar-refractivity contribution is 7.99. The van der Waals surface area contributed by atoms with Gasteiger partial charge in [0, 0.05) is 12.6 Å². The Kier molecular flexibility index (Phi) is 11.8. The lowest BCUT2D eigenvalue weighted by Crippen LogP contribution is -2.48. The maximum absolute atomic E-state index is 14.1. The van der Waals surface area contributed by atoms with Crippen molar-refractivity contribution < 1.29 is 31.6 Å². The molecular formula is C25H32F4N2O3S. The molecule has 0 saturated carbocycles. The largest absolute Gasteiger partial charge is 0.468 e. The van der Waals surface area contributed by atoms with Crippen molar-refractivity contribution in [2.75, 3.05) is 12.3 Å². The molecule has 5 nitrogen and oxygen atoms in total. The topological polar surface area (TPSA) is 71.3 Å². The zero-order valence-electron chi connectivity index (χ0n) is 20.1. The van der Waals surface area contributed by atoms with Crippen LogP contribution < -0.4 is 10.6 Å². The lowest BCUT2D eigenvalue weighted by Gasteiger charge is -2.25. The van der Waals surface area contributed by atoms with Crippen LogP contribution in [0.3, 0.4) is 0 Å². The van der Waals surface area contributed by atoms with Crippen molar-refractivity contribution in [3.05, 3.63) is 59.1 Å². The number of carbonyl (C=O) groups excluding carboxylic acids is 2. The van der Waals surface area contributed by atoms with Crippen LogP contribution >= 0.6 is 11.8 Å². The highest BCUT2D eigenvalue weighted by atomic mass is 32.2. The Morgan fingerprint density at radius 1 is 1.11 bits per heavy atom. The van der Waals surface area contributed by atoms with Gasteiger partial charge in [0.15, 0.2) is 29.1 Å². The Morgan fingerprint density at radius 2 is 1.86 bits per heavy atom. The third-order valence-corrected chi connectivity index (χ3v) is 6.33. The molecule has 0 fully saturated rings. The van der Waals surface area contributed by atoms with Crippen molar-refractivity contribution in [1.29, 1.82) is 0 Å². The number of thioether (sulfide) groups is 1. The molecular weight excluding hydrogens is 484 g/mol. The maximum atomic E-state index is 14.1. The average Bonchev–Trinajstić information content (AvgIpc) is 3.33. The zero-order valence-corrected chi connectivity index (χ0v) is 21.0. The van der Waals surface area contributed by atoms with Crippen LogP contribution in [0, 0.1) is 29.2 Å². The molecule has 0 radical (unpaired) electrons. The molecule has 1 aromatic heterocycles. The Bertz CT molecular complexity index is 970. The first-order valence-electron chi connectivity index (χ1n) is 11.6. The molecule has 1 heterocycles. The number of amides is 1. The predicted molar refractivity (Wildman–Crippen MR) is 128 cm³/mol. The number of Topliss-reactive ketones (excluding diaryl/α,β-unsaturated/α-hetero) is 1. The zero-order chi connectivity index (χ0) is 26.0. The Hall–Kier alpha value is -2.33. The lowest BCUT2D eigenvalue weighted by molar-refractivity contribution is -0.118. The van der Waals surface area contributed by atoms with Crippen LogP contribution in [0.2, 0.25) is 0 Å². The summed E-state index contributed by atoms with van der Waals surface area (Å²) < 4.78 is 59.8. The van der Waals surface area contributed by atoms with Crippen molar-refractivity contribution in [2.24, 2.45) is 5.92 Å². The van der Waals surface area contributed by atoms with Crippen molar-refractivity contribution in [3.8, 4) is 0 Å². The van der Waals surface area contributed by atoms with Gasteiger partial charge in [-0.05, 0) is 37.0 Å². The number of nitrogens with one attached hydrogen (secondary N) is 2. The number of rotatable bonds is 15. The molecule has 10 heteroatoms. The molecule has 2 atom stereocenters. The molecule has 2 rings (SSSR count). The van der Waals surface area contributed by atoms with Crippen LogP contribution in [0.25, 0.3) is 0 Å². The standard InChI is InChI=1S/C25H32F4N2O3S/c1-4-5-8-20(21(32)14-35-13-17-7-6-9-34-17)30-12-16(10-15(2)3)31-25(33)18-11-19(26)23(28)24(29)22(18)27/h6-7,9,11,15-16,20,30H,4-5,8,10,12-14H2,1-3H3,(H,31,33). The minimum atomic E-state index is -2.04. The van der Waals surface area contributed by atoms with Crippen LogP contribution in [0.4, 0.5) is 17.6 Å². The summed E-state index contributed by atoms with van der Waals surface area (Å²) in [6.07, 6.45) is 4.38. The van der Waals surface area contributed by atoms with E-state index >= 15 is 0 Å². The maximum Gasteiger partial charge on any atom is 0.254 e. The van der Waals surface area contributed by atoms with E-state index in [2.05, 4.69) is 10.6 Å². The summed E-state index contributed by atoms with van der Waals surface area (Å²) in [5.41, 5.74) is -0.914. The number of carbonyl (C=O) groups is 2. The van der Waals surface area contributed by atoms with E-state index in [1.54, 1.807) is 12.3 Å². The highest BCUT2D eigenvalue weighted by Crippen LogP contribution is 2.19. The fraction of sp³-hybridized carbons (Fsp3) is 0.520. The summed E-state index contributed by atoms with van der Waals surface area (Å²) in [6.45, 7) is 6.05. The number of hydrogen-bond donors (Lipinski definition) is 2. The van der Waals surface area contributed by atoms with Gasteiger partial charge < -0.3 is 15.1 Å². The van der Waals surface area contributed by atoms with Gasteiger partial charge in [-0.2, -0.15) is 0 Å². The molecule has 0 saturated heterocycles. The molecule has 0 spiro atoms. The quantitative estimate of drug-likeness (QED) is 0.182. The third kappa shape index (κ3) is 9.00. The van der Waals surface area contributed by atoms with Crippen LogP contribution in [-0.4, -0.2) is 36.1 Å². The van der Waals surface area contributed by atoms with E-state index in [4.69, 9.17) is 4.42 Å². The number of furan rings is 1. The first kappa shape index (κ1) is 28.9. The lowest BCUT2D eigenvalue weighted by atomic mass is 10.0. The smallest absolute Gasteiger partial charge is 0.254 e. The van der Waals surface area contributed by atoms with Gasteiger partial charge >= 0.3 is 0 Å². The molecule has 2 N–H and O–H groups in total. The van der Waals surface area contributed by atoms with E-state index in [0.29, 0.717) is 24.7 Å². The van der Waals surface area contributed by atoms with E-state index in [0.717, 1.165) is 18.6 Å². The third-order valence-electron chi connectivity index (χ3n) is 5.35. The van der Waals surface area contributed by atoms with Gasteiger partial charge in [-0.15, -0.1) is 11.8 Å². The molecule has 35 heavy (non-hydrogen) atoms. The van der Waals surface area contributed by atoms with Gasteiger partial charge in [-0.1, -0.05) is 33.6 Å². The second kappa shape index (κ2) is 14.3. The van der Waals surface area contributed by atoms with E-state index in [9.17, 15) is 27.2 Å². The van der Waals surface area contributed by atoms with E-state index in [1.165, 1.54) is 11.8 Å². The summed E-state index contributed by atoms with van der Waals surface area (Å²) in [4.78, 5) is 25.4. The van der Waals surface area contributed by atoms with Crippen LogP contribution in [0.15, 0.2) is 28.9 Å². The second-order valence-electron chi connectivity index (χ2n) is 8.79. The average molecular weight is 517 g/mol. The van der Waals surface area contributed by atoms with Gasteiger partial charge in [0.1, 0.15) is 5.76 Å². The summed E-state index contributed by atoms with van der Waals surface area (Å²) >= 11 is 1.44. The van der Waals surface area contributed by atoms with E-state index in [-0.39, 0.29) is 24.0 Å². The fourth-order valence-corrected chi connectivity index (χ4v) is 4.45. The van der Waals surface area contributed by atoms with Gasteiger partial charge in [0.2, 0.25) is 0 Å². The van der Waals surface area contributed by atoms with Gasteiger partial charge in [0.05, 0.1) is 29.4 Å². The Labute approximate surface area is 207 Å². The molecule has 0 bridgehead atoms. The minimum Gasteiger partial charge on any atom is -0.468 e. The Balaban J connectivity index is 2.04. The molecule has 2 aromatic rings. The van der Waals surface area contributed by atoms with Gasteiger partial charge in [0.25, 0.3) is 5.91 Å². The number of hydrogen-bond acceptors (Lipinski definition) is 5. The molecule has 194 valence electrons. The summed E-state index contributed by atoms with van der Waals surface area (Å²) in [5.74, 6) is -6.69. The number of halogens is 4. The fourth-order valence-electron chi connectivity index (χ4n) is 3.58. The predicted octanol–water partition coefficient (Wildman–Crippen LogP) is 5.63. The van der Waals surface area contributed by atoms with Gasteiger partial charge in [-0.3, -0.25) is 9.59 Å². The van der Waals surface area contributed by atoms with E-state index < -0.39 is 46.8 Å². The monoisotopic (exact) mass is 516 g/mol. The minimum absolute atomic E-state index is 0.0124. The normalized spacial score (nSPS) is 13.1. The van der Waals surface area contributed by atoms with Gasteiger partial charge in [-0.25, -0.2) is 17.6 Å². The van der Waals surface area contributed by atoms with Crippen LogP contribution in [-0.2, 0) is 10.5 Å².